The summed E-state index contributed by atoms with van der Waals surface area (Å²) >= 11 is 3.45. The van der Waals surface area contributed by atoms with Crippen LogP contribution in [0.3, 0.4) is 0 Å². The predicted octanol–water partition coefficient (Wildman–Crippen LogP) is 3.09. The second-order valence-electron chi connectivity index (χ2n) is 5.03. The first-order valence-electron chi connectivity index (χ1n) is 6.35. The van der Waals surface area contributed by atoms with Crippen LogP contribution in [0.1, 0.15) is 25.3 Å². The van der Waals surface area contributed by atoms with Crippen LogP contribution in [0, 0.1) is 12.3 Å². The highest BCUT2D eigenvalue weighted by atomic mass is 79.9. The van der Waals surface area contributed by atoms with Crippen LogP contribution in [-0.2, 0) is 4.79 Å². The maximum absolute atomic E-state index is 12.4. The molecular formula is C14H19BrN2O. The Labute approximate surface area is 116 Å². The van der Waals surface area contributed by atoms with Gasteiger partial charge in [0, 0.05) is 16.7 Å². The monoisotopic (exact) mass is 310 g/mol. The Morgan fingerprint density at radius 2 is 2.28 bits per heavy atom. The maximum Gasteiger partial charge on any atom is 0.231 e. The average molecular weight is 311 g/mol. The molecule has 1 fully saturated rings. The van der Waals surface area contributed by atoms with Crippen molar-refractivity contribution in [2.24, 2.45) is 5.41 Å². The van der Waals surface area contributed by atoms with E-state index < -0.39 is 0 Å². The van der Waals surface area contributed by atoms with Crippen molar-refractivity contribution in [2.75, 3.05) is 18.4 Å². The van der Waals surface area contributed by atoms with Gasteiger partial charge in [0.2, 0.25) is 5.91 Å². The summed E-state index contributed by atoms with van der Waals surface area (Å²) < 4.78 is 0.993. The summed E-state index contributed by atoms with van der Waals surface area (Å²) in [4.78, 5) is 12.4. The molecule has 1 atom stereocenters. The van der Waals surface area contributed by atoms with E-state index >= 15 is 0 Å². The molecule has 1 heterocycles. The second kappa shape index (κ2) is 5.41. The molecule has 1 unspecified atom stereocenters. The molecular weight excluding hydrogens is 292 g/mol. The molecule has 0 aliphatic carbocycles. The van der Waals surface area contributed by atoms with E-state index in [2.05, 4.69) is 33.5 Å². The van der Waals surface area contributed by atoms with Gasteiger partial charge >= 0.3 is 0 Å². The van der Waals surface area contributed by atoms with Crippen molar-refractivity contribution in [2.45, 2.75) is 26.7 Å². The molecule has 3 nitrogen and oxygen atoms in total. The van der Waals surface area contributed by atoms with Crippen molar-refractivity contribution >= 4 is 27.5 Å². The quantitative estimate of drug-likeness (QED) is 0.901. The molecule has 4 heteroatoms. The summed E-state index contributed by atoms with van der Waals surface area (Å²) in [6.07, 6.45) is 1.79. The van der Waals surface area contributed by atoms with Gasteiger partial charge in [-0.05, 0) is 50.1 Å². The Kier molecular flexibility index (Phi) is 4.07. The number of carbonyl (C=O) groups excluding carboxylic acids is 1. The highest BCUT2D eigenvalue weighted by Crippen LogP contribution is 2.31. The van der Waals surface area contributed by atoms with Crippen molar-refractivity contribution in [3.63, 3.8) is 0 Å². The predicted molar refractivity (Wildman–Crippen MR) is 77.7 cm³/mol. The van der Waals surface area contributed by atoms with Crippen molar-refractivity contribution in [3.8, 4) is 0 Å². The Balaban J connectivity index is 2.15. The van der Waals surface area contributed by atoms with Gasteiger partial charge in [-0.3, -0.25) is 4.79 Å². The number of aryl methyl sites for hydroxylation is 1. The number of hydrogen-bond donors (Lipinski definition) is 2. The van der Waals surface area contributed by atoms with Gasteiger partial charge in [-0.2, -0.15) is 0 Å². The lowest BCUT2D eigenvalue weighted by Gasteiger charge is -2.25. The Hall–Kier alpha value is -0.870. The summed E-state index contributed by atoms with van der Waals surface area (Å²) in [5.41, 5.74) is 1.76. The molecule has 1 amide bonds. The lowest BCUT2D eigenvalue weighted by molar-refractivity contribution is -0.124. The van der Waals surface area contributed by atoms with Crippen LogP contribution in [-0.4, -0.2) is 19.0 Å². The number of carbonyl (C=O) groups is 1. The third-order valence-electron chi connectivity index (χ3n) is 3.70. The molecule has 0 aromatic heterocycles. The van der Waals surface area contributed by atoms with Crippen LogP contribution in [0.2, 0.25) is 0 Å². The number of hydrogen-bond acceptors (Lipinski definition) is 2. The van der Waals surface area contributed by atoms with Crippen LogP contribution in [0.25, 0.3) is 0 Å². The lowest BCUT2D eigenvalue weighted by atomic mass is 9.83. The normalized spacial score (nSPS) is 23.1. The van der Waals surface area contributed by atoms with Crippen LogP contribution >= 0.6 is 15.9 Å². The molecule has 1 aromatic rings. The topological polar surface area (TPSA) is 41.1 Å². The van der Waals surface area contributed by atoms with E-state index in [0.717, 1.165) is 41.7 Å². The van der Waals surface area contributed by atoms with Gasteiger partial charge in [-0.1, -0.05) is 22.9 Å². The number of nitrogens with one attached hydrogen (secondary N) is 2. The molecule has 0 bridgehead atoms. The Morgan fingerprint density at radius 1 is 1.50 bits per heavy atom. The Morgan fingerprint density at radius 3 is 2.83 bits per heavy atom. The third-order valence-corrected chi connectivity index (χ3v) is 4.16. The molecule has 1 aliphatic rings. The zero-order valence-electron chi connectivity index (χ0n) is 10.8. The highest BCUT2D eigenvalue weighted by molar-refractivity contribution is 9.10. The van der Waals surface area contributed by atoms with E-state index in [1.807, 2.05) is 25.1 Å². The van der Waals surface area contributed by atoms with E-state index in [1.165, 1.54) is 0 Å². The maximum atomic E-state index is 12.4. The number of rotatable bonds is 3. The van der Waals surface area contributed by atoms with Gasteiger partial charge in [-0.15, -0.1) is 0 Å². The van der Waals surface area contributed by atoms with Crippen molar-refractivity contribution in [3.05, 3.63) is 28.2 Å². The molecule has 0 radical (unpaired) electrons. The number of halogens is 1. The zero-order chi connectivity index (χ0) is 13.2. The fourth-order valence-corrected chi connectivity index (χ4v) is 3.08. The Bertz CT molecular complexity index is 433. The molecule has 18 heavy (non-hydrogen) atoms. The molecule has 1 aromatic carbocycles. The molecule has 2 N–H and O–H groups in total. The molecule has 2 rings (SSSR count). The van der Waals surface area contributed by atoms with E-state index in [1.54, 1.807) is 0 Å². The average Bonchev–Trinajstić information content (AvgIpc) is 2.77. The summed E-state index contributed by atoms with van der Waals surface area (Å²) in [6, 6.07) is 5.97. The number of anilines is 1. The SMILES string of the molecule is CCC1(C(=O)Nc2cc(C)cc(Br)c2)CCNC1. The number of amides is 1. The third kappa shape index (κ3) is 2.75. The van der Waals surface area contributed by atoms with Crippen molar-refractivity contribution in [1.82, 2.24) is 5.32 Å². The zero-order valence-corrected chi connectivity index (χ0v) is 12.4. The van der Waals surface area contributed by atoms with Crippen molar-refractivity contribution < 1.29 is 4.79 Å². The molecule has 98 valence electrons. The van der Waals surface area contributed by atoms with Gasteiger partial charge < -0.3 is 10.6 Å². The van der Waals surface area contributed by atoms with Crippen LogP contribution < -0.4 is 10.6 Å². The van der Waals surface area contributed by atoms with Crippen LogP contribution in [0.4, 0.5) is 5.69 Å². The number of benzene rings is 1. The van der Waals surface area contributed by atoms with Gasteiger partial charge in [0.1, 0.15) is 0 Å². The smallest absolute Gasteiger partial charge is 0.231 e. The lowest BCUT2D eigenvalue weighted by Crippen LogP contribution is -2.37. The van der Waals surface area contributed by atoms with Gasteiger partial charge in [0.25, 0.3) is 0 Å². The summed E-state index contributed by atoms with van der Waals surface area (Å²) in [7, 11) is 0. The van der Waals surface area contributed by atoms with E-state index in [-0.39, 0.29) is 11.3 Å². The first kappa shape index (κ1) is 13.6. The van der Waals surface area contributed by atoms with Gasteiger partial charge in [-0.25, -0.2) is 0 Å². The standard InChI is InChI=1S/C14H19BrN2O/c1-3-14(4-5-16-9-14)13(18)17-12-7-10(2)6-11(15)8-12/h6-8,16H,3-5,9H2,1-2H3,(H,17,18). The first-order chi connectivity index (χ1) is 8.55. The molecule has 0 saturated carbocycles. The minimum Gasteiger partial charge on any atom is -0.326 e. The summed E-state index contributed by atoms with van der Waals surface area (Å²) in [5, 5.41) is 6.33. The first-order valence-corrected chi connectivity index (χ1v) is 7.14. The molecule has 1 saturated heterocycles. The second-order valence-corrected chi connectivity index (χ2v) is 5.95. The van der Waals surface area contributed by atoms with Crippen molar-refractivity contribution in [1.29, 1.82) is 0 Å². The van der Waals surface area contributed by atoms with E-state index in [0.29, 0.717) is 0 Å². The summed E-state index contributed by atoms with van der Waals surface area (Å²) in [6.45, 7) is 5.81. The van der Waals surface area contributed by atoms with Crippen LogP contribution in [0.15, 0.2) is 22.7 Å². The highest BCUT2D eigenvalue weighted by Gasteiger charge is 2.39. The largest absolute Gasteiger partial charge is 0.326 e. The minimum absolute atomic E-state index is 0.132. The molecule has 1 aliphatic heterocycles. The molecule has 0 spiro atoms. The van der Waals surface area contributed by atoms with E-state index in [9.17, 15) is 4.79 Å². The minimum atomic E-state index is -0.240. The fraction of sp³-hybridized carbons (Fsp3) is 0.500. The van der Waals surface area contributed by atoms with Gasteiger partial charge in [0.05, 0.1) is 5.41 Å². The fourth-order valence-electron chi connectivity index (χ4n) is 2.47. The van der Waals surface area contributed by atoms with E-state index in [4.69, 9.17) is 0 Å². The van der Waals surface area contributed by atoms with Crippen LogP contribution in [0.5, 0.6) is 0 Å². The van der Waals surface area contributed by atoms with Gasteiger partial charge in [0.15, 0.2) is 0 Å². The summed E-state index contributed by atoms with van der Waals surface area (Å²) in [5.74, 6) is 0.132.